The minimum Gasteiger partial charge on any atom is -0.458 e. The average Bonchev–Trinajstić information content (AvgIpc) is 3.07. The van der Waals surface area contributed by atoms with Crippen LogP contribution in [-0.4, -0.2) is 24.6 Å². The van der Waals surface area contributed by atoms with E-state index in [1.165, 1.54) is 0 Å². The van der Waals surface area contributed by atoms with E-state index in [-0.39, 0.29) is 18.5 Å². The molecule has 4 nitrogen and oxygen atoms in total. The molecule has 0 saturated carbocycles. The fourth-order valence-electron chi connectivity index (χ4n) is 2.29. The molecule has 104 valence electrons. The molecule has 0 radical (unpaired) electrons. The van der Waals surface area contributed by atoms with Crippen molar-refractivity contribution in [1.82, 2.24) is 0 Å². The van der Waals surface area contributed by atoms with E-state index in [2.05, 4.69) is 0 Å². The molecule has 0 fully saturated rings. The molecule has 2 aliphatic carbocycles. The molecule has 2 rings (SSSR count). The van der Waals surface area contributed by atoms with Crippen molar-refractivity contribution >= 4 is 11.9 Å². The third-order valence-electron chi connectivity index (χ3n) is 3.36. The second-order valence-electron chi connectivity index (χ2n) is 5.06. The Bertz CT molecular complexity index is 420. The molecule has 4 heteroatoms. The van der Waals surface area contributed by atoms with Crippen molar-refractivity contribution < 1.29 is 19.1 Å². The lowest BCUT2D eigenvalue weighted by Gasteiger charge is -2.14. The molecule has 1 unspecified atom stereocenters. The highest BCUT2D eigenvalue weighted by molar-refractivity contribution is 5.89. The largest absolute Gasteiger partial charge is 0.458 e. The Morgan fingerprint density at radius 3 is 2.21 bits per heavy atom. The van der Waals surface area contributed by atoms with Crippen molar-refractivity contribution in [3.63, 3.8) is 0 Å². The van der Waals surface area contributed by atoms with Gasteiger partial charge in [0, 0.05) is 11.1 Å². The Morgan fingerprint density at radius 2 is 1.68 bits per heavy atom. The van der Waals surface area contributed by atoms with Crippen LogP contribution >= 0.6 is 0 Å². The molecule has 1 atom stereocenters. The summed E-state index contributed by atoms with van der Waals surface area (Å²) < 4.78 is 10.4. The van der Waals surface area contributed by atoms with E-state index < -0.39 is 6.10 Å². The summed E-state index contributed by atoms with van der Waals surface area (Å²) in [7, 11) is 0. The molecule has 2 aliphatic rings. The molecule has 0 aliphatic heterocycles. The van der Waals surface area contributed by atoms with E-state index in [4.69, 9.17) is 9.47 Å². The van der Waals surface area contributed by atoms with Gasteiger partial charge in [-0.3, -0.25) is 0 Å². The van der Waals surface area contributed by atoms with Crippen molar-refractivity contribution in [1.29, 1.82) is 0 Å². The van der Waals surface area contributed by atoms with Crippen molar-refractivity contribution in [3.05, 3.63) is 23.3 Å². The average molecular weight is 264 g/mol. The summed E-state index contributed by atoms with van der Waals surface area (Å²) >= 11 is 0. The van der Waals surface area contributed by atoms with Crippen LogP contribution in [0.3, 0.4) is 0 Å². The van der Waals surface area contributed by atoms with Gasteiger partial charge in [-0.05, 0) is 45.4 Å². The molecule has 0 spiro atoms. The quantitative estimate of drug-likeness (QED) is 0.716. The van der Waals surface area contributed by atoms with Gasteiger partial charge in [-0.25, -0.2) is 9.59 Å². The van der Waals surface area contributed by atoms with E-state index in [1.807, 2.05) is 12.2 Å². The summed E-state index contributed by atoms with van der Waals surface area (Å²) in [5.41, 5.74) is 1.49. The molecule has 0 bridgehead atoms. The molecule has 0 aromatic heterocycles. The van der Waals surface area contributed by atoms with E-state index in [1.54, 1.807) is 6.92 Å². The maximum atomic E-state index is 11.7. The molecule has 0 amide bonds. The molecule has 0 aromatic carbocycles. The number of rotatable bonds is 5. The molecule has 0 N–H and O–H groups in total. The second-order valence-corrected chi connectivity index (χ2v) is 5.06. The highest BCUT2D eigenvalue weighted by Crippen LogP contribution is 2.20. The van der Waals surface area contributed by atoms with Gasteiger partial charge in [0.25, 0.3) is 0 Å². The van der Waals surface area contributed by atoms with Gasteiger partial charge < -0.3 is 9.47 Å². The van der Waals surface area contributed by atoms with E-state index in [0.29, 0.717) is 0 Å². The summed E-state index contributed by atoms with van der Waals surface area (Å²) in [6.07, 6.45) is 8.95. The minimum absolute atomic E-state index is 0.120. The van der Waals surface area contributed by atoms with Gasteiger partial charge in [0.15, 0.2) is 0 Å². The molecule has 0 heterocycles. The predicted molar refractivity (Wildman–Crippen MR) is 70.4 cm³/mol. The highest BCUT2D eigenvalue weighted by atomic mass is 16.6. The predicted octanol–water partition coefficient (Wildman–Crippen LogP) is 2.68. The van der Waals surface area contributed by atoms with Crippen molar-refractivity contribution in [3.8, 4) is 0 Å². The zero-order chi connectivity index (χ0) is 13.7. The van der Waals surface area contributed by atoms with Crippen molar-refractivity contribution in [2.75, 3.05) is 6.61 Å². The summed E-state index contributed by atoms with van der Waals surface area (Å²) in [6.45, 7) is 1.86. The van der Waals surface area contributed by atoms with Crippen LogP contribution in [0.25, 0.3) is 0 Å². The van der Waals surface area contributed by atoms with Crippen LogP contribution in [0.1, 0.15) is 45.4 Å². The number of hydrogen-bond acceptors (Lipinski definition) is 4. The second kappa shape index (κ2) is 6.55. The summed E-state index contributed by atoms with van der Waals surface area (Å²) in [5.74, 6) is -0.554. The number of allylic oxidation sites excluding steroid dienone is 2. The van der Waals surface area contributed by atoms with Gasteiger partial charge in [-0.15, -0.1) is 0 Å². The smallest absolute Gasteiger partial charge is 0.334 e. The number of ether oxygens (including phenoxy) is 2. The Morgan fingerprint density at radius 1 is 1.11 bits per heavy atom. The number of hydrogen-bond donors (Lipinski definition) is 0. The lowest BCUT2D eigenvalue weighted by Crippen LogP contribution is -2.23. The fraction of sp³-hybridized carbons (Fsp3) is 0.600. The first-order valence-electron chi connectivity index (χ1n) is 6.93. The van der Waals surface area contributed by atoms with E-state index in [0.717, 1.165) is 49.7 Å². The first-order chi connectivity index (χ1) is 9.16. The number of carbonyl (C=O) groups excluding carboxylic acids is 2. The van der Waals surface area contributed by atoms with Crippen LogP contribution in [0.4, 0.5) is 0 Å². The van der Waals surface area contributed by atoms with Crippen LogP contribution in [0.15, 0.2) is 23.3 Å². The molecule has 19 heavy (non-hydrogen) atoms. The van der Waals surface area contributed by atoms with Crippen molar-refractivity contribution in [2.24, 2.45) is 0 Å². The van der Waals surface area contributed by atoms with Crippen LogP contribution in [0.2, 0.25) is 0 Å². The van der Waals surface area contributed by atoms with Gasteiger partial charge in [-0.2, -0.15) is 0 Å². The number of carbonyl (C=O) groups is 2. The normalized spacial score (nSPS) is 19.6. The molecular formula is C15H20O4. The van der Waals surface area contributed by atoms with Gasteiger partial charge in [0.1, 0.15) is 12.7 Å². The zero-order valence-electron chi connectivity index (χ0n) is 11.3. The van der Waals surface area contributed by atoms with E-state index in [9.17, 15) is 9.59 Å². The third-order valence-corrected chi connectivity index (χ3v) is 3.36. The third kappa shape index (κ3) is 3.94. The van der Waals surface area contributed by atoms with Crippen LogP contribution in [0.5, 0.6) is 0 Å². The molecule has 0 saturated heterocycles. The van der Waals surface area contributed by atoms with Crippen LogP contribution in [0, 0.1) is 0 Å². The van der Waals surface area contributed by atoms with Crippen LogP contribution < -0.4 is 0 Å². The minimum atomic E-state index is -0.403. The standard InChI is InChI=1S/C15H20O4/c1-11(19-15(17)13-8-4-5-9-13)10-18-14(16)12-6-2-3-7-12/h6,8,11H,2-5,7,9-10H2,1H3. The van der Waals surface area contributed by atoms with Gasteiger partial charge in [-0.1, -0.05) is 12.2 Å². The lowest BCUT2D eigenvalue weighted by atomic mass is 10.2. The Kier molecular flexibility index (Phi) is 4.77. The van der Waals surface area contributed by atoms with Gasteiger partial charge in [0.2, 0.25) is 0 Å². The van der Waals surface area contributed by atoms with Crippen molar-refractivity contribution in [2.45, 2.75) is 51.6 Å². The van der Waals surface area contributed by atoms with Gasteiger partial charge >= 0.3 is 11.9 Å². The van der Waals surface area contributed by atoms with Crippen LogP contribution in [-0.2, 0) is 19.1 Å². The summed E-state index contributed by atoms with van der Waals surface area (Å²) in [4.78, 5) is 23.4. The molecular weight excluding hydrogens is 244 g/mol. The van der Waals surface area contributed by atoms with Gasteiger partial charge in [0.05, 0.1) is 0 Å². The first kappa shape index (κ1) is 13.8. The lowest BCUT2D eigenvalue weighted by molar-refractivity contribution is -0.153. The number of esters is 2. The Labute approximate surface area is 113 Å². The SMILES string of the molecule is CC(COC(=O)C1=CCCC1)OC(=O)C1=CCCC1. The Hall–Kier alpha value is -1.58. The monoisotopic (exact) mass is 264 g/mol. The maximum Gasteiger partial charge on any atom is 0.334 e. The van der Waals surface area contributed by atoms with E-state index >= 15 is 0 Å². The fourth-order valence-corrected chi connectivity index (χ4v) is 2.29. The topological polar surface area (TPSA) is 52.6 Å². The Balaban J connectivity index is 1.70. The summed E-state index contributed by atoms with van der Waals surface area (Å²) in [6, 6.07) is 0. The summed E-state index contributed by atoms with van der Waals surface area (Å²) in [5, 5.41) is 0. The first-order valence-corrected chi connectivity index (χ1v) is 6.93. The zero-order valence-corrected chi connectivity index (χ0v) is 11.3. The molecule has 0 aromatic rings. The maximum absolute atomic E-state index is 11.7. The highest BCUT2D eigenvalue weighted by Gasteiger charge is 2.19.